The van der Waals surface area contributed by atoms with Crippen molar-refractivity contribution in [2.75, 3.05) is 5.32 Å². The molecular weight excluding hydrogens is 210 g/mol. The van der Waals surface area contributed by atoms with E-state index < -0.39 is 11.9 Å². The van der Waals surface area contributed by atoms with E-state index in [0.717, 1.165) is 6.08 Å². The number of carbonyl (C=O) groups excluding carboxylic acids is 1. The number of benzene rings is 1. The highest BCUT2D eigenvalue weighted by Crippen LogP contribution is 2.21. The third-order valence-corrected chi connectivity index (χ3v) is 1.85. The van der Waals surface area contributed by atoms with Crippen molar-refractivity contribution < 1.29 is 19.8 Å². The highest BCUT2D eigenvalue weighted by molar-refractivity contribution is 6.04. The molecule has 0 unspecified atom stereocenters. The molecule has 1 rings (SSSR count). The summed E-state index contributed by atoms with van der Waals surface area (Å²) < 4.78 is 0. The Morgan fingerprint density at radius 2 is 1.94 bits per heavy atom. The molecule has 84 valence electrons. The number of phenolic OH excluding ortho intramolecular Hbond substituents is 1. The van der Waals surface area contributed by atoms with Crippen molar-refractivity contribution in [2.45, 2.75) is 6.92 Å². The van der Waals surface area contributed by atoms with Gasteiger partial charge in [0.05, 0.1) is 5.69 Å². The number of aliphatic carboxylic acids is 1. The number of para-hydroxylation sites is 2. The number of nitrogens with one attached hydrogen (secondary N) is 1. The van der Waals surface area contributed by atoms with E-state index in [1.54, 1.807) is 12.1 Å². The maximum Gasteiger partial charge on any atom is 0.331 e. The van der Waals surface area contributed by atoms with Crippen LogP contribution in [-0.2, 0) is 9.59 Å². The summed E-state index contributed by atoms with van der Waals surface area (Å²) in [6, 6.07) is 6.19. The first kappa shape index (κ1) is 11.8. The van der Waals surface area contributed by atoms with Crippen LogP contribution in [0.15, 0.2) is 35.9 Å². The molecule has 0 aliphatic heterocycles. The Labute approximate surface area is 92.0 Å². The number of hydrogen-bond donors (Lipinski definition) is 3. The molecule has 0 aromatic heterocycles. The first-order valence-electron chi connectivity index (χ1n) is 4.51. The Bertz CT molecular complexity index is 451. The summed E-state index contributed by atoms with van der Waals surface area (Å²) in [5.41, 5.74) is 0.162. The van der Waals surface area contributed by atoms with Gasteiger partial charge in [0.1, 0.15) is 5.75 Å². The monoisotopic (exact) mass is 221 g/mol. The minimum absolute atomic E-state index is 0.0720. The molecule has 0 spiro atoms. The molecule has 0 saturated heterocycles. The second kappa shape index (κ2) is 4.97. The second-order valence-corrected chi connectivity index (χ2v) is 3.14. The number of amides is 1. The summed E-state index contributed by atoms with van der Waals surface area (Å²) in [4.78, 5) is 21.8. The fourth-order valence-electron chi connectivity index (χ4n) is 1.01. The van der Waals surface area contributed by atoms with Crippen LogP contribution < -0.4 is 5.32 Å². The predicted octanol–water partition coefficient (Wildman–Crippen LogP) is 1.36. The van der Waals surface area contributed by atoms with Gasteiger partial charge in [-0.05, 0) is 19.1 Å². The van der Waals surface area contributed by atoms with Crippen LogP contribution in [-0.4, -0.2) is 22.1 Å². The van der Waals surface area contributed by atoms with Gasteiger partial charge in [0.2, 0.25) is 5.91 Å². The minimum Gasteiger partial charge on any atom is -0.506 e. The normalized spacial score (nSPS) is 10.9. The Kier molecular flexibility index (Phi) is 3.66. The minimum atomic E-state index is -1.16. The van der Waals surface area contributed by atoms with Gasteiger partial charge in [0.15, 0.2) is 0 Å². The summed E-state index contributed by atoms with van der Waals surface area (Å²) >= 11 is 0. The molecule has 1 amide bonds. The SMILES string of the molecule is C/C(=C\C(=O)Nc1ccccc1O)C(=O)O. The number of rotatable bonds is 3. The van der Waals surface area contributed by atoms with Crippen molar-refractivity contribution in [3.63, 3.8) is 0 Å². The largest absolute Gasteiger partial charge is 0.506 e. The Morgan fingerprint density at radius 3 is 2.50 bits per heavy atom. The Hall–Kier alpha value is -2.30. The zero-order valence-corrected chi connectivity index (χ0v) is 8.60. The molecule has 1 aromatic rings. The van der Waals surface area contributed by atoms with Crippen molar-refractivity contribution >= 4 is 17.6 Å². The smallest absolute Gasteiger partial charge is 0.331 e. The Balaban J connectivity index is 2.77. The Morgan fingerprint density at radius 1 is 1.31 bits per heavy atom. The first-order valence-corrected chi connectivity index (χ1v) is 4.51. The van der Waals surface area contributed by atoms with Gasteiger partial charge in [-0.2, -0.15) is 0 Å². The zero-order valence-electron chi connectivity index (χ0n) is 8.60. The molecule has 0 radical (unpaired) electrons. The van der Waals surface area contributed by atoms with Crippen LogP contribution in [0.5, 0.6) is 5.75 Å². The molecule has 0 saturated carbocycles. The van der Waals surface area contributed by atoms with Gasteiger partial charge >= 0.3 is 5.97 Å². The summed E-state index contributed by atoms with van der Waals surface area (Å²) in [7, 11) is 0. The van der Waals surface area contributed by atoms with Gasteiger partial charge in [-0.3, -0.25) is 4.79 Å². The fraction of sp³-hybridized carbons (Fsp3) is 0.0909. The maximum atomic E-state index is 11.3. The van der Waals surface area contributed by atoms with E-state index in [0.29, 0.717) is 0 Å². The molecule has 1 aromatic carbocycles. The van der Waals surface area contributed by atoms with Crippen LogP contribution >= 0.6 is 0 Å². The summed E-state index contributed by atoms with van der Waals surface area (Å²) in [5, 5.41) is 20.3. The molecule has 16 heavy (non-hydrogen) atoms. The van der Waals surface area contributed by atoms with E-state index in [-0.39, 0.29) is 17.0 Å². The fourth-order valence-corrected chi connectivity index (χ4v) is 1.01. The number of hydrogen-bond acceptors (Lipinski definition) is 3. The maximum absolute atomic E-state index is 11.3. The molecule has 5 heteroatoms. The number of carbonyl (C=O) groups is 2. The van der Waals surface area contributed by atoms with Crippen molar-refractivity contribution in [1.29, 1.82) is 0 Å². The molecule has 0 aliphatic rings. The lowest BCUT2D eigenvalue weighted by molar-refractivity contribution is -0.132. The molecule has 0 heterocycles. The van der Waals surface area contributed by atoms with E-state index >= 15 is 0 Å². The van der Waals surface area contributed by atoms with E-state index in [9.17, 15) is 14.7 Å². The average molecular weight is 221 g/mol. The third kappa shape index (κ3) is 3.13. The van der Waals surface area contributed by atoms with Crippen LogP contribution in [0.3, 0.4) is 0 Å². The highest BCUT2D eigenvalue weighted by atomic mass is 16.4. The number of phenols is 1. The third-order valence-electron chi connectivity index (χ3n) is 1.85. The van der Waals surface area contributed by atoms with Gasteiger partial charge in [0, 0.05) is 11.6 Å². The summed E-state index contributed by atoms with van der Waals surface area (Å²) in [6.07, 6.45) is 0.953. The van der Waals surface area contributed by atoms with E-state index in [1.165, 1.54) is 19.1 Å². The summed E-state index contributed by atoms with van der Waals surface area (Å²) in [5.74, 6) is -1.83. The van der Waals surface area contributed by atoms with Crippen LogP contribution in [0, 0.1) is 0 Å². The molecule has 3 N–H and O–H groups in total. The van der Waals surface area contributed by atoms with Crippen molar-refractivity contribution in [3.8, 4) is 5.75 Å². The molecule has 0 aliphatic carbocycles. The molecule has 5 nitrogen and oxygen atoms in total. The van der Waals surface area contributed by atoms with Crippen LogP contribution in [0.2, 0.25) is 0 Å². The second-order valence-electron chi connectivity index (χ2n) is 3.14. The quantitative estimate of drug-likeness (QED) is 0.531. The van der Waals surface area contributed by atoms with Crippen molar-refractivity contribution in [2.24, 2.45) is 0 Å². The lowest BCUT2D eigenvalue weighted by Crippen LogP contribution is -2.10. The van der Waals surface area contributed by atoms with E-state index in [4.69, 9.17) is 5.11 Å². The van der Waals surface area contributed by atoms with Gasteiger partial charge in [-0.25, -0.2) is 4.79 Å². The number of aromatic hydroxyl groups is 1. The van der Waals surface area contributed by atoms with Crippen molar-refractivity contribution in [3.05, 3.63) is 35.9 Å². The lowest BCUT2D eigenvalue weighted by Gasteiger charge is -2.04. The number of anilines is 1. The van der Waals surface area contributed by atoms with Crippen LogP contribution in [0.25, 0.3) is 0 Å². The molecule has 0 atom stereocenters. The topological polar surface area (TPSA) is 86.6 Å². The summed E-state index contributed by atoms with van der Waals surface area (Å²) in [6.45, 7) is 1.31. The van der Waals surface area contributed by atoms with E-state index in [2.05, 4.69) is 5.32 Å². The predicted molar refractivity (Wildman–Crippen MR) is 58.1 cm³/mol. The van der Waals surface area contributed by atoms with Crippen LogP contribution in [0.1, 0.15) is 6.92 Å². The van der Waals surface area contributed by atoms with Gasteiger partial charge in [0.25, 0.3) is 0 Å². The lowest BCUT2D eigenvalue weighted by atomic mass is 10.2. The molecular formula is C11H11NO4. The highest BCUT2D eigenvalue weighted by Gasteiger charge is 2.06. The van der Waals surface area contributed by atoms with Crippen LogP contribution in [0.4, 0.5) is 5.69 Å². The molecule has 0 bridgehead atoms. The van der Waals surface area contributed by atoms with Gasteiger partial charge < -0.3 is 15.5 Å². The average Bonchev–Trinajstić information content (AvgIpc) is 2.21. The van der Waals surface area contributed by atoms with E-state index in [1.807, 2.05) is 0 Å². The number of carboxylic acids is 1. The van der Waals surface area contributed by atoms with Gasteiger partial charge in [-0.15, -0.1) is 0 Å². The van der Waals surface area contributed by atoms with Crippen molar-refractivity contribution in [1.82, 2.24) is 0 Å². The first-order chi connectivity index (χ1) is 7.50. The van der Waals surface area contributed by atoms with Gasteiger partial charge in [-0.1, -0.05) is 12.1 Å². The molecule has 0 fully saturated rings. The number of carboxylic acid groups (broad SMARTS) is 1. The standard InChI is InChI=1S/C11H11NO4/c1-7(11(15)16)6-10(14)12-8-4-2-3-5-9(8)13/h2-6,13H,1H3,(H,12,14)(H,15,16)/b7-6+. The zero-order chi connectivity index (χ0) is 12.1.